The van der Waals surface area contributed by atoms with Crippen molar-refractivity contribution in [2.45, 2.75) is 37.6 Å². The summed E-state index contributed by atoms with van der Waals surface area (Å²) in [6.45, 7) is 1.20. The predicted molar refractivity (Wildman–Crippen MR) is 65.1 cm³/mol. The number of fused-ring (bicyclic) bond motifs is 3. The fourth-order valence-electron chi connectivity index (χ4n) is 3.23. The molecule has 1 aliphatic heterocycles. The molecule has 2 aliphatic rings. The molecule has 2 atom stereocenters. The van der Waals surface area contributed by atoms with Crippen molar-refractivity contribution in [3.8, 4) is 5.75 Å². The van der Waals surface area contributed by atoms with Crippen LogP contribution in [0, 0.1) is 0 Å². The molecule has 1 fully saturated rings. The van der Waals surface area contributed by atoms with E-state index in [4.69, 9.17) is 4.74 Å². The summed E-state index contributed by atoms with van der Waals surface area (Å²) in [5.74, 6) is 1.74. The standard InChI is InChI=1S/C14H19NO/c1-16-11-5-6-12-10(9-11)4-7-14-13(12)3-2-8-15-14/h5-6,9,13-15H,2-4,7-8H2,1H3/t13-,14?/m1/s1. The Morgan fingerprint density at radius 1 is 1.31 bits per heavy atom. The lowest BCUT2D eigenvalue weighted by atomic mass is 9.75. The zero-order valence-electron chi connectivity index (χ0n) is 9.83. The number of hydrogen-bond acceptors (Lipinski definition) is 2. The maximum Gasteiger partial charge on any atom is 0.119 e. The molecule has 0 amide bonds. The van der Waals surface area contributed by atoms with Crippen LogP contribution < -0.4 is 10.1 Å². The predicted octanol–water partition coefficient (Wildman–Crippen LogP) is 2.48. The molecule has 1 aromatic rings. The molecule has 1 heterocycles. The van der Waals surface area contributed by atoms with Crippen LogP contribution in [0.3, 0.4) is 0 Å². The van der Waals surface area contributed by atoms with E-state index in [1.165, 1.54) is 37.8 Å². The Hall–Kier alpha value is -1.02. The molecule has 2 nitrogen and oxygen atoms in total. The number of benzene rings is 1. The van der Waals surface area contributed by atoms with Crippen LogP contribution in [0.2, 0.25) is 0 Å². The molecule has 0 bridgehead atoms. The maximum atomic E-state index is 5.30. The number of piperidine rings is 1. The smallest absolute Gasteiger partial charge is 0.119 e. The topological polar surface area (TPSA) is 21.3 Å². The monoisotopic (exact) mass is 217 g/mol. The Labute approximate surface area is 97.0 Å². The van der Waals surface area contributed by atoms with Crippen LogP contribution in [0.1, 0.15) is 36.3 Å². The quantitative estimate of drug-likeness (QED) is 0.780. The number of rotatable bonds is 1. The summed E-state index contributed by atoms with van der Waals surface area (Å²) in [6.07, 6.45) is 5.13. The second-order valence-corrected chi connectivity index (χ2v) is 4.91. The minimum absolute atomic E-state index is 0.717. The first-order chi connectivity index (χ1) is 7.88. The summed E-state index contributed by atoms with van der Waals surface area (Å²) in [7, 11) is 1.75. The summed E-state index contributed by atoms with van der Waals surface area (Å²) < 4.78 is 5.30. The number of methoxy groups -OCH3 is 1. The molecule has 1 N–H and O–H groups in total. The highest BCUT2D eigenvalue weighted by atomic mass is 16.5. The van der Waals surface area contributed by atoms with Gasteiger partial charge in [0.25, 0.3) is 0 Å². The molecule has 0 radical (unpaired) electrons. The van der Waals surface area contributed by atoms with Gasteiger partial charge in [-0.1, -0.05) is 6.07 Å². The van der Waals surface area contributed by atoms with Crippen molar-refractivity contribution in [3.05, 3.63) is 29.3 Å². The molecule has 1 aromatic carbocycles. The molecule has 2 heteroatoms. The average molecular weight is 217 g/mol. The normalized spacial score (nSPS) is 28.1. The minimum atomic E-state index is 0.717. The van der Waals surface area contributed by atoms with Crippen LogP contribution in [-0.2, 0) is 6.42 Å². The summed E-state index contributed by atoms with van der Waals surface area (Å²) >= 11 is 0. The maximum absolute atomic E-state index is 5.30. The van der Waals surface area contributed by atoms with E-state index >= 15 is 0 Å². The van der Waals surface area contributed by atoms with Gasteiger partial charge in [0.15, 0.2) is 0 Å². The molecule has 16 heavy (non-hydrogen) atoms. The van der Waals surface area contributed by atoms with Crippen molar-refractivity contribution in [1.82, 2.24) is 5.32 Å². The number of ether oxygens (including phenoxy) is 1. The van der Waals surface area contributed by atoms with Crippen LogP contribution in [0.4, 0.5) is 0 Å². The summed E-state index contributed by atoms with van der Waals surface area (Å²) in [4.78, 5) is 0. The molecule has 0 saturated carbocycles. The van der Waals surface area contributed by atoms with Gasteiger partial charge in [-0.05, 0) is 61.4 Å². The summed E-state index contributed by atoms with van der Waals surface area (Å²) in [5.41, 5.74) is 3.06. The lowest BCUT2D eigenvalue weighted by Gasteiger charge is -2.38. The van der Waals surface area contributed by atoms with Crippen LogP contribution >= 0.6 is 0 Å². The molecule has 1 saturated heterocycles. The molecule has 1 unspecified atom stereocenters. The molecular formula is C14H19NO. The molecule has 0 spiro atoms. The highest BCUT2D eigenvalue weighted by Crippen LogP contribution is 2.38. The van der Waals surface area contributed by atoms with E-state index in [2.05, 4.69) is 23.5 Å². The van der Waals surface area contributed by atoms with E-state index < -0.39 is 0 Å². The largest absolute Gasteiger partial charge is 0.497 e. The van der Waals surface area contributed by atoms with Crippen molar-refractivity contribution in [2.24, 2.45) is 0 Å². The van der Waals surface area contributed by atoms with Crippen molar-refractivity contribution in [2.75, 3.05) is 13.7 Å². The molecule has 86 valence electrons. The molecular weight excluding hydrogens is 198 g/mol. The minimum Gasteiger partial charge on any atom is -0.497 e. The van der Waals surface area contributed by atoms with Crippen LogP contribution in [-0.4, -0.2) is 19.7 Å². The number of hydrogen-bond donors (Lipinski definition) is 1. The third-order valence-corrected chi connectivity index (χ3v) is 4.06. The third kappa shape index (κ3) is 1.61. The van der Waals surface area contributed by atoms with Gasteiger partial charge >= 0.3 is 0 Å². The Balaban J connectivity index is 1.96. The molecule has 1 aliphatic carbocycles. The van der Waals surface area contributed by atoms with Crippen molar-refractivity contribution in [3.63, 3.8) is 0 Å². The van der Waals surface area contributed by atoms with Gasteiger partial charge in [-0.2, -0.15) is 0 Å². The Bertz CT molecular complexity index is 388. The third-order valence-electron chi connectivity index (χ3n) is 4.06. The number of aryl methyl sites for hydroxylation is 1. The molecule has 0 aromatic heterocycles. The van der Waals surface area contributed by atoms with Gasteiger partial charge in [0.1, 0.15) is 5.75 Å². The summed E-state index contributed by atoms with van der Waals surface area (Å²) in [6, 6.07) is 7.32. The lowest BCUT2D eigenvalue weighted by molar-refractivity contribution is 0.318. The van der Waals surface area contributed by atoms with E-state index in [-0.39, 0.29) is 0 Å². The zero-order valence-corrected chi connectivity index (χ0v) is 9.83. The zero-order chi connectivity index (χ0) is 11.0. The highest BCUT2D eigenvalue weighted by Gasteiger charge is 2.31. The first kappa shape index (κ1) is 10.2. The van der Waals surface area contributed by atoms with E-state index in [0.29, 0.717) is 0 Å². The number of nitrogens with one attached hydrogen (secondary N) is 1. The van der Waals surface area contributed by atoms with Crippen molar-refractivity contribution in [1.29, 1.82) is 0 Å². The van der Waals surface area contributed by atoms with Crippen molar-refractivity contribution < 1.29 is 4.74 Å². The van der Waals surface area contributed by atoms with Crippen LogP contribution in [0.5, 0.6) is 5.75 Å². The second kappa shape index (κ2) is 4.10. The van der Waals surface area contributed by atoms with Gasteiger partial charge in [-0.25, -0.2) is 0 Å². The SMILES string of the molecule is COc1ccc2c(c1)CCC1NCCC[C@H]21. The Kier molecular flexibility index (Phi) is 2.60. The van der Waals surface area contributed by atoms with E-state index in [9.17, 15) is 0 Å². The Morgan fingerprint density at radius 2 is 2.25 bits per heavy atom. The fourth-order valence-corrected chi connectivity index (χ4v) is 3.23. The van der Waals surface area contributed by atoms with Gasteiger partial charge < -0.3 is 10.1 Å². The fraction of sp³-hybridized carbons (Fsp3) is 0.571. The van der Waals surface area contributed by atoms with Crippen LogP contribution in [0.25, 0.3) is 0 Å². The van der Waals surface area contributed by atoms with Crippen LogP contribution in [0.15, 0.2) is 18.2 Å². The van der Waals surface area contributed by atoms with Gasteiger partial charge in [-0.15, -0.1) is 0 Å². The van der Waals surface area contributed by atoms with E-state index in [0.717, 1.165) is 17.7 Å². The van der Waals surface area contributed by atoms with Crippen molar-refractivity contribution >= 4 is 0 Å². The molecule has 3 rings (SSSR count). The van der Waals surface area contributed by atoms with E-state index in [1.54, 1.807) is 12.7 Å². The first-order valence-corrected chi connectivity index (χ1v) is 6.28. The van der Waals surface area contributed by atoms with Gasteiger partial charge in [-0.3, -0.25) is 0 Å². The van der Waals surface area contributed by atoms with Gasteiger partial charge in [0, 0.05) is 6.04 Å². The van der Waals surface area contributed by atoms with E-state index in [1.807, 2.05) is 0 Å². The summed E-state index contributed by atoms with van der Waals surface area (Å²) in [5, 5.41) is 3.66. The van der Waals surface area contributed by atoms with Gasteiger partial charge in [0.05, 0.1) is 7.11 Å². The highest BCUT2D eigenvalue weighted by molar-refractivity contribution is 5.40. The average Bonchev–Trinajstić information content (AvgIpc) is 2.38. The van der Waals surface area contributed by atoms with Gasteiger partial charge in [0.2, 0.25) is 0 Å². The Morgan fingerprint density at radius 3 is 3.12 bits per heavy atom. The second-order valence-electron chi connectivity index (χ2n) is 4.91. The first-order valence-electron chi connectivity index (χ1n) is 6.28. The lowest BCUT2D eigenvalue weighted by Crippen LogP contribution is -2.42.